The number of phosphoric acid groups is 1. The third kappa shape index (κ3) is 39.2. The van der Waals surface area contributed by atoms with E-state index in [9.17, 15) is 14.3 Å². The van der Waals surface area contributed by atoms with Crippen molar-refractivity contribution in [3.63, 3.8) is 0 Å². The fraction of sp³-hybridized carbons (Fsp3) is 0.889. The second kappa shape index (κ2) is 37.6. The summed E-state index contributed by atoms with van der Waals surface area (Å²) in [6.07, 6.45) is 42.5. The van der Waals surface area contributed by atoms with Gasteiger partial charge in [-0.15, -0.1) is 0 Å². The quantitative estimate of drug-likeness (QED) is 0.0288. The van der Waals surface area contributed by atoms with Crippen LogP contribution in [0.5, 0.6) is 0 Å². The molecule has 0 aliphatic heterocycles. The maximum absolute atomic E-state index is 13.0. The molecule has 8 nitrogen and oxygen atoms in total. The van der Waals surface area contributed by atoms with Gasteiger partial charge in [0.25, 0.3) is 0 Å². The van der Waals surface area contributed by atoms with Gasteiger partial charge in [0.05, 0.1) is 27.7 Å². The molecule has 9 heteroatoms. The van der Waals surface area contributed by atoms with Crippen LogP contribution in [0.2, 0.25) is 0 Å². The molecule has 0 saturated heterocycles. The van der Waals surface area contributed by atoms with Crippen LogP contribution in [0.4, 0.5) is 0 Å². The molecule has 0 saturated carbocycles. The first-order valence-corrected chi connectivity index (χ1v) is 24.1. The molecule has 2 atom stereocenters. The molecule has 1 N–H and O–H groups in total. The lowest BCUT2D eigenvalue weighted by molar-refractivity contribution is -0.870. The van der Waals surface area contributed by atoms with Gasteiger partial charge in [-0.2, -0.15) is 0 Å². The van der Waals surface area contributed by atoms with Gasteiger partial charge in [0.1, 0.15) is 19.3 Å². The lowest BCUT2D eigenvalue weighted by atomic mass is 10.1. The molecule has 1 amide bonds. The molecule has 0 spiro atoms. The largest absolute Gasteiger partial charge is 0.472 e. The van der Waals surface area contributed by atoms with E-state index in [2.05, 4.69) is 38.2 Å². The minimum Gasteiger partial charge on any atom is -0.379 e. The van der Waals surface area contributed by atoms with Crippen LogP contribution in [-0.2, 0) is 23.1 Å². The normalized spacial score (nSPS) is 14.0. The Morgan fingerprint density at radius 1 is 0.630 bits per heavy atom. The summed E-state index contributed by atoms with van der Waals surface area (Å²) < 4.78 is 30.2. The fourth-order valence-corrected chi connectivity index (χ4v) is 7.25. The lowest BCUT2D eigenvalue weighted by Crippen LogP contribution is -2.38. The standard InChI is InChI=1S/C45H89N2O6P/c1-7-9-11-13-15-17-19-21-23-25-27-29-31-33-35-37-40-51-43-44(53-54(49,50)52-41-39-47(4,5)6)42-46(3)45(48)38-36-34-32-30-28-26-24-22-20-18-16-14-12-10-8-2/h21-24,44H,7-20,25-43H2,1-6H3/p+1/b23-21-,24-22-. The maximum Gasteiger partial charge on any atom is 0.472 e. The summed E-state index contributed by atoms with van der Waals surface area (Å²) in [6, 6.07) is 0. The number of quaternary nitrogens is 1. The van der Waals surface area contributed by atoms with Gasteiger partial charge in [0, 0.05) is 26.6 Å². The molecule has 0 aromatic heterocycles. The predicted molar refractivity (Wildman–Crippen MR) is 231 cm³/mol. The highest BCUT2D eigenvalue weighted by atomic mass is 31.2. The smallest absolute Gasteiger partial charge is 0.379 e. The van der Waals surface area contributed by atoms with Crippen molar-refractivity contribution in [1.82, 2.24) is 4.90 Å². The van der Waals surface area contributed by atoms with Crippen LogP contribution in [-0.4, -0.2) is 87.4 Å². The van der Waals surface area contributed by atoms with Crippen molar-refractivity contribution >= 4 is 13.7 Å². The number of ether oxygens (including phenoxy) is 1. The Hall–Kier alpha value is -1.02. The van der Waals surface area contributed by atoms with E-state index in [-0.39, 0.29) is 25.7 Å². The van der Waals surface area contributed by atoms with Crippen molar-refractivity contribution in [3.05, 3.63) is 24.3 Å². The summed E-state index contributed by atoms with van der Waals surface area (Å²) in [5, 5.41) is 0. The summed E-state index contributed by atoms with van der Waals surface area (Å²) in [7, 11) is 3.42. The first-order valence-electron chi connectivity index (χ1n) is 22.6. The summed E-state index contributed by atoms with van der Waals surface area (Å²) in [4.78, 5) is 25.0. The molecule has 0 aromatic rings. The van der Waals surface area contributed by atoms with Gasteiger partial charge in [0.15, 0.2) is 0 Å². The number of unbranched alkanes of at least 4 members (excludes halogenated alkanes) is 23. The number of hydrogen-bond donors (Lipinski definition) is 1. The van der Waals surface area contributed by atoms with Crippen LogP contribution in [0.15, 0.2) is 24.3 Å². The van der Waals surface area contributed by atoms with E-state index in [1.807, 2.05) is 21.1 Å². The van der Waals surface area contributed by atoms with Gasteiger partial charge < -0.3 is 19.0 Å². The van der Waals surface area contributed by atoms with Gasteiger partial charge >= 0.3 is 7.82 Å². The van der Waals surface area contributed by atoms with E-state index in [1.165, 1.54) is 135 Å². The molecular weight excluding hydrogens is 695 g/mol. The molecule has 2 unspecified atom stereocenters. The number of nitrogens with zero attached hydrogens (tertiary/aromatic N) is 2. The van der Waals surface area contributed by atoms with Gasteiger partial charge in [-0.05, 0) is 64.2 Å². The van der Waals surface area contributed by atoms with Crippen LogP contribution in [0.1, 0.15) is 194 Å². The first-order chi connectivity index (χ1) is 26.0. The molecule has 0 fully saturated rings. The van der Waals surface area contributed by atoms with Crippen molar-refractivity contribution in [3.8, 4) is 0 Å². The highest BCUT2D eigenvalue weighted by Gasteiger charge is 2.29. The molecule has 0 aliphatic rings. The van der Waals surface area contributed by atoms with E-state index in [4.69, 9.17) is 13.8 Å². The number of carbonyl (C=O) groups excluding carboxylic acids is 1. The number of phosphoric ester groups is 1. The molecule has 0 aromatic carbocycles. The van der Waals surface area contributed by atoms with Gasteiger partial charge in [-0.3, -0.25) is 13.8 Å². The lowest BCUT2D eigenvalue weighted by Gasteiger charge is -2.27. The Bertz CT molecular complexity index is 938. The minimum atomic E-state index is -4.31. The maximum atomic E-state index is 13.0. The molecule has 0 radical (unpaired) electrons. The van der Waals surface area contributed by atoms with Crippen molar-refractivity contribution in [2.45, 2.75) is 200 Å². The zero-order valence-corrected chi connectivity index (χ0v) is 37.4. The SMILES string of the molecule is CCCCCCCC/C=C\CCCCCCCCOCC(CN(C)C(=O)CCCCCCC/C=C\CCCCCCCC)OP(=O)(O)OCC[N+](C)(C)C. The van der Waals surface area contributed by atoms with E-state index < -0.39 is 13.9 Å². The fourth-order valence-electron chi connectivity index (χ4n) is 6.38. The van der Waals surface area contributed by atoms with Crippen LogP contribution in [0.25, 0.3) is 0 Å². The predicted octanol–water partition coefficient (Wildman–Crippen LogP) is 12.7. The minimum absolute atomic E-state index is 0.0215. The third-order valence-electron chi connectivity index (χ3n) is 9.96. The molecule has 0 aliphatic carbocycles. The molecular formula is C45H90N2O6P+. The zero-order valence-electron chi connectivity index (χ0n) is 36.6. The Morgan fingerprint density at radius 3 is 1.48 bits per heavy atom. The monoisotopic (exact) mass is 786 g/mol. The highest BCUT2D eigenvalue weighted by molar-refractivity contribution is 7.47. The van der Waals surface area contributed by atoms with Crippen LogP contribution < -0.4 is 0 Å². The zero-order chi connectivity index (χ0) is 40.0. The van der Waals surface area contributed by atoms with Gasteiger partial charge in [0.2, 0.25) is 5.91 Å². The third-order valence-corrected chi connectivity index (χ3v) is 11.0. The van der Waals surface area contributed by atoms with Crippen LogP contribution in [0, 0.1) is 0 Å². The summed E-state index contributed by atoms with van der Waals surface area (Å²) in [6.45, 7) is 6.08. The van der Waals surface area contributed by atoms with Crippen molar-refractivity contribution in [2.75, 3.05) is 61.1 Å². The number of amides is 1. The molecule has 0 rings (SSSR count). The number of likely N-dealkylation sites (N-methyl/N-ethyl adjacent to an activating group) is 2. The van der Waals surface area contributed by atoms with E-state index in [0.717, 1.165) is 38.5 Å². The van der Waals surface area contributed by atoms with Crippen LogP contribution >= 0.6 is 7.82 Å². The molecule has 0 bridgehead atoms. The van der Waals surface area contributed by atoms with Crippen molar-refractivity contribution < 1.29 is 32.5 Å². The number of hydrogen-bond acceptors (Lipinski definition) is 5. The first kappa shape index (κ1) is 53.0. The van der Waals surface area contributed by atoms with E-state index >= 15 is 0 Å². The van der Waals surface area contributed by atoms with Crippen molar-refractivity contribution in [1.29, 1.82) is 0 Å². The molecule has 54 heavy (non-hydrogen) atoms. The summed E-state index contributed by atoms with van der Waals surface area (Å²) in [5.41, 5.74) is 0. The second-order valence-electron chi connectivity index (χ2n) is 16.7. The Kier molecular flexibility index (Phi) is 36.8. The average molecular weight is 786 g/mol. The average Bonchev–Trinajstić information content (AvgIpc) is 3.11. The Labute approximate surface area is 335 Å². The number of allylic oxidation sites excluding steroid dienone is 4. The Morgan fingerprint density at radius 2 is 1.04 bits per heavy atom. The number of carbonyl (C=O) groups is 1. The highest BCUT2D eigenvalue weighted by Crippen LogP contribution is 2.44. The summed E-state index contributed by atoms with van der Waals surface area (Å²) >= 11 is 0. The van der Waals surface area contributed by atoms with E-state index in [0.29, 0.717) is 24.1 Å². The summed E-state index contributed by atoms with van der Waals surface area (Å²) in [5.74, 6) is 0.0215. The second-order valence-corrected chi connectivity index (χ2v) is 18.1. The molecule has 0 heterocycles. The van der Waals surface area contributed by atoms with Crippen LogP contribution in [0.3, 0.4) is 0 Å². The van der Waals surface area contributed by atoms with Crippen molar-refractivity contribution in [2.24, 2.45) is 0 Å². The van der Waals surface area contributed by atoms with Gasteiger partial charge in [-0.25, -0.2) is 4.57 Å². The Balaban J connectivity index is 4.34. The number of rotatable bonds is 41. The van der Waals surface area contributed by atoms with Gasteiger partial charge in [-0.1, -0.05) is 147 Å². The topological polar surface area (TPSA) is 85.3 Å². The molecule has 320 valence electrons. The van der Waals surface area contributed by atoms with E-state index in [1.54, 1.807) is 11.9 Å².